The lowest BCUT2D eigenvalue weighted by Crippen LogP contribution is -1.94. The van der Waals surface area contributed by atoms with Gasteiger partial charge in [-0.2, -0.15) is 0 Å². The molecule has 0 bridgehead atoms. The molecule has 0 aliphatic rings. The van der Waals surface area contributed by atoms with Gasteiger partial charge in [-0.15, -0.1) is 5.10 Å². The van der Waals surface area contributed by atoms with Crippen LogP contribution in [0.5, 0.6) is 0 Å². The number of hydrogen-bond donors (Lipinski definition) is 0. The highest BCUT2D eigenvalue weighted by Gasteiger charge is 1.99. The molecule has 0 N–H and O–H groups in total. The largest absolute Gasteiger partial charge is 0.220 e. The Bertz CT molecular complexity index is 414. The van der Waals surface area contributed by atoms with E-state index < -0.39 is 0 Å². The average Bonchev–Trinajstić information content (AvgIpc) is 2.67. The van der Waals surface area contributed by atoms with E-state index in [9.17, 15) is 0 Å². The van der Waals surface area contributed by atoms with Crippen LogP contribution < -0.4 is 0 Å². The van der Waals surface area contributed by atoms with Crippen molar-refractivity contribution in [3.05, 3.63) is 41.7 Å². The Labute approximate surface area is 83.4 Å². The molecule has 0 unspecified atom stereocenters. The molecule has 1 aromatic heterocycles. The van der Waals surface area contributed by atoms with Crippen molar-refractivity contribution in [3.8, 4) is 5.69 Å². The van der Waals surface area contributed by atoms with Crippen molar-refractivity contribution in [2.75, 3.05) is 0 Å². The first-order valence-electron chi connectivity index (χ1n) is 4.78. The van der Waals surface area contributed by atoms with Crippen LogP contribution in [0.2, 0.25) is 0 Å². The zero-order valence-corrected chi connectivity index (χ0v) is 8.44. The maximum absolute atomic E-state index is 4.05. The van der Waals surface area contributed by atoms with Crippen LogP contribution in [0.25, 0.3) is 5.69 Å². The summed E-state index contributed by atoms with van der Waals surface area (Å²) in [4.78, 5) is 0. The Hall–Kier alpha value is -1.64. The Morgan fingerprint density at radius 3 is 2.50 bits per heavy atom. The van der Waals surface area contributed by atoms with Crippen LogP contribution in [0.1, 0.15) is 18.2 Å². The summed E-state index contributed by atoms with van der Waals surface area (Å²) in [6, 6.07) is 8.23. The van der Waals surface area contributed by atoms with Gasteiger partial charge in [-0.3, -0.25) is 0 Å². The topological polar surface area (TPSA) is 30.7 Å². The fraction of sp³-hybridized carbons (Fsp3) is 0.273. The third-order valence-corrected chi connectivity index (χ3v) is 2.20. The van der Waals surface area contributed by atoms with Gasteiger partial charge in [-0.25, -0.2) is 4.68 Å². The van der Waals surface area contributed by atoms with E-state index in [1.165, 1.54) is 5.56 Å². The highest BCUT2D eigenvalue weighted by molar-refractivity contribution is 5.33. The van der Waals surface area contributed by atoms with Crippen molar-refractivity contribution < 1.29 is 0 Å². The summed E-state index contributed by atoms with van der Waals surface area (Å²) in [5, 5.41) is 8.10. The van der Waals surface area contributed by atoms with Gasteiger partial charge in [-0.1, -0.05) is 29.8 Å². The molecule has 72 valence electrons. The smallest absolute Gasteiger partial charge is 0.0829 e. The molecule has 2 rings (SSSR count). The van der Waals surface area contributed by atoms with Crippen molar-refractivity contribution in [1.29, 1.82) is 0 Å². The molecule has 3 heteroatoms. The third-order valence-electron chi connectivity index (χ3n) is 2.20. The highest BCUT2D eigenvalue weighted by Crippen LogP contribution is 2.08. The second-order valence-corrected chi connectivity index (χ2v) is 3.34. The lowest BCUT2D eigenvalue weighted by atomic mass is 10.2. The van der Waals surface area contributed by atoms with Crippen LogP contribution in [0.3, 0.4) is 0 Å². The molecule has 0 saturated heterocycles. The average molecular weight is 187 g/mol. The van der Waals surface area contributed by atoms with Gasteiger partial charge in [-0.05, 0) is 25.5 Å². The molecule has 0 aliphatic carbocycles. The van der Waals surface area contributed by atoms with E-state index in [-0.39, 0.29) is 0 Å². The molecule has 0 amide bonds. The van der Waals surface area contributed by atoms with E-state index in [0.717, 1.165) is 17.8 Å². The summed E-state index contributed by atoms with van der Waals surface area (Å²) in [7, 11) is 0. The van der Waals surface area contributed by atoms with E-state index in [0.29, 0.717) is 0 Å². The minimum Gasteiger partial charge on any atom is -0.220 e. The molecule has 1 aromatic carbocycles. The predicted octanol–water partition coefficient (Wildman–Crippen LogP) is 2.14. The zero-order valence-electron chi connectivity index (χ0n) is 8.44. The Morgan fingerprint density at radius 1 is 1.21 bits per heavy atom. The van der Waals surface area contributed by atoms with Crippen LogP contribution >= 0.6 is 0 Å². The molecule has 0 spiro atoms. The molecular weight excluding hydrogens is 174 g/mol. The molecule has 0 fully saturated rings. The molecule has 0 aliphatic heterocycles. The van der Waals surface area contributed by atoms with Gasteiger partial charge in [0.1, 0.15) is 0 Å². The molecule has 2 aromatic rings. The molecule has 14 heavy (non-hydrogen) atoms. The van der Waals surface area contributed by atoms with E-state index >= 15 is 0 Å². The highest BCUT2D eigenvalue weighted by atomic mass is 15.4. The number of aromatic nitrogens is 3. The van der Waals surface area contributed by atoms with E-state index in [1.54, 1.807) is 4.68 Å². The van der Waals surface area contributed by atoms with Gasteiger partial charge >= 0.3 is 0 Å². The first kappa shape index (κ1) is 8.94. The fourth-order valence-electron chi connectivity index (χ4n) is 1.28. The standard InChI is InChI=1S/C11H13N3/c1-3-10-8-14(13-12-10)11-6-4-9(2)5-7-11/h4-8H,3H2,1-2H3. The number of nitrogens with zero attached hydrogens (tertiary/aromatic N) is 3. The Morgan fingerprint density at radius 2 is 1.93 bits per heavy atom. The second-order valence-electron chi connectivity index (χ2n) is 3.34. The normalized spacial score (nSPS) is 10.4. The molecule has 3 nitrogen and oxygen atoms in total. The summed E-state index contributed by atoms with van der Waals surface area (Å²) in [5.74, 6) is 0. The summed E-state index contributed by atoms with van der Waals surface area (Å²) >= 11 is 0. The monoisotopic (exact) mass is 187 g/mol. The second kappa shape index (κ2) is 3.62. The van der Waals surface area contributed by atoms with E-state index in [1.807, 2.05) is 18.3 Å². The Kier molecular flexibility index (Phi) is 2.31. The van der Waals surface area contributed by atoms with Crippen LogP contribution in [-0.2, 0) is 6.42 Å². The molecule has 0 saturated carbocycles. The summed E-state index contributed by atoms with van der Waals surface area (Å²) < 4.78 is 1.80. The first-order chi connectivity index (χ1) is 6.79. The predicted molar refractivity (Wildman–Crippen MR) is 55.5 cm³/mol. The van der Waals surface area contributed by atoms with Crippen molar-refractivity contribution in [2.45, 2.75) is 20.3 Å². The quantitative estimate of drug-likeness (QED) is 0.721. The SMILES string of the molecule is CCc1cn(-c2ccc(C)cc2)nn1. The maximum atomic E-state index is 4.05. The summed E-state index contributed by atoms with van der Waals surface area (Å²) in [6.07, 6.45) is 2.89. The number of aryl methyl sites for hydroxylation is 2. The summed E-state index contributed by atoms with van der Waals surface area (Å²) in [6.45, 7) is 4.14. The molecule has 0 atom stereocenters. The van der Waals surface area contributed by atoms with Gasteiger partial charge in [0.05, 0.1) is 17.6 Å². The van der Waals surface area contributed by atoms with Crippen LogP contribution in [0.4, 0.5) is 0 Å². The lowest BCUT2D eigenvalue weighted by Gasteiger charge is -1.99. The van der Waals surface area contributed by atoms with Crippen molar-refractivity contribution >= 4 is 0 Å². The molecule has 1 heterocycles. The first-order valence-corrected chi connectivity index (χ1v) is 4.78. The summed E-state index contributed by atoms with van der Waals surface area (Å²) in [5.41, 5.74) is 3.33. The van der Waals surface area contributed by atoms with Crippen molar-refractivity contribution in [1.82, 2.24) is 15.0 Å². The minimum atomic E-state index is 0.922. The lowest BCUT2D eigenvalue weighted by molar-refractivity contribution is 0.797. The number of hydrogen-bond acceptors (Lipinski definition) is 2. The number of benzene rings is 1. The Balaban J connectivity index is 2.34. The van der Waals surface area contributed by atoms with Crippen LogP contribution in [0, 0.1) is 6.92 Å². The molecule has 0 radical (unpaired) electrons. The van der Waals surface area contributed by atoms with Gasteiger partial charge < -0.3 is 0 Å². The third kappa shape index (κ3) is 1.66. The van der Waals surface area contributed by atoms with E-state index in [2.05, 4.69) is 36.3 Å². The van der Waals surface area contributed by atoms with Gasteiger partial charge in [0.2, 0.25) is 0 Å². The van der Waals surface area contributed by atoms with Crippen LogP contribution in [0.15, 0.2) is 30.5 Å². The fourth-order valence-corrected chi connectivity index (χ4v) is 1.28. The zero-order chi connectivity index (χ0) is 9.97. The van der Waals surface area contributed by atoms with Crippen molar-refractivity contribution in [2.24, 2.45) is 0 Å². The number of rotatable bonds is 2. The van der Waals surface area contributed by atoms with E-state index in [4.69, 9.17) is 0 Å². The van der Waals surface area contributed by atoms with Gasteiger partial charge in [0.25, 0.3) is 0 Å². The van der Waals surface area contributed by atoms with Gasteiger partial charge in [0.15, 0.2) is 0 Å². The molecular formula is C11H13N3. The minimum absolute atomic E-state index is 0.922. The van der Waals surface area contributed by atoms with Crippen LogP contribution in [-0.4, -0.2) is 15.0 Å². The van der Waals surface area contributed by atoms with Gasteiger partial charge in [0, 0.05) is 0 Å². The van der Waals surface area contributed by atoms with Crippen molar-refractivity contribution in [3.63, 3.8) is 0 Å². The maximum Gasteiger partial charge on any atom is 0.0829 e.